The topological polar surface area (TPSA) is 52.7 Å². The highest BCUT2D eigenvalue weighted by molar-refractivity contribution is 6.01. The highest BCUT2D eigenvalue weighted by Gasteiger charge is 2.46. The Morgan fingerprint density at radius 2 is 1.72 bits per heavy atom. The maximum Gasteiger partial charge on any atom is 0.322 e. The van der Waals surface area contributed by atoms with Crippen molar-refractivity contribution in [3.8, 4) is 0 Å². The first-order valence-electron chi connectivity index (χ1n) is 8.96. The largest absolute Gasteiger partial charge is 0.330 e. The Labute approximate surface area is 148 Å². The lowest BCUT2D eigenvalue weighted by Gasteiger charge is -2.31. The van der Waals surface area contributed by atoms with E-state index in [4.69, 9.17) is 0 Å². The van der Waals surface area contributed by atoms with Crippen molar-refractivity contribution >= 4 is 11.9 Å². The Balaban J connectivity index is 1.71. The summed E-state index contributed by atoms with van der Waals surface area (Å²) >= 11 is 0. The molecule has 25 heavy (non-hydrogen) atoms. The summed E-state index contributed by atoms with van der Waals surface area (Å²) in [6.45, 7) is 7.08. The lowest BCUT2D eigenvalue weighted by atomic mass is 9.85. The number of nitrogens with one attached hydrogen (secondary N) is 1. The van der Waals surface area contributed by atoms with Gasteiger partial charge in [0.25, 0.3) is 5.91 Å². The predicted octanol–water partition coefficient (Wildman–Crippen LogP) is 2.94. The van der Waals surface area contributed by atoms with Crippen LogP contribution in [-0.2, 0) is 10.2 Å². The van der Waals surface area contributed by atoms with Crippen LogP contribution < -0.4 is 5.32 Å². The van der Waals surface area contributed by atoms with E-state index in [0.717, 1.165) is 29.7 Å². The molecule has 1 aromatic carbocycles. The molecule has 1 saturated carbocycles. The fraction of sp³-hybridized carbons (Fsp3) is 0.500. The van der Waals surface area contributed by atoms with Gasteiger partial charge in [-0.1, -0.05) is 45.0 Å². The molecule has 1 unspecified atom stereocenters. The second-order valence-electron chi connectivity index (χ2n) is 8.34. The molecule has 0 saturated heterocycles. The molecule has 5 heteroatoms. The van der Waals surface area contributed by atoms with Gasteiger partial charge in [-0.2, -0.15) is 0 Å². The molecule has 2 heterocycles. The Morgan fingerprint density at radius 1 is 1.08 bits per heavy atom. The minimum absolute atomic E-state index is 0.0743. The first kappa shape index (κ1) is 16.2. The average molecular weight is 339 g/mol. The Kier molecular flexibility index (Phi) is 3.46. The normalized spacial score (nSPS) is 23.9. The number of hydrogen-bond donors (Lipinski definition) is 1. The van der Waals surface area contributed by atoms with Crippen LogP contribution in [0.3, 0.4) is 0 Å². The summed E-state index contributed by atoms with van der Waals surface area (Å²) in [5.41, 5.74) is 3.86. The number of amides is 3. The smallest absolute Gasteiger partial charge is 0.322 e. The lowest BCUT2D eigenvalue weighted by molar-refractivity contribution is -0.126. The van der Waals surface area contributed by atoms with Gasteiger partial charge in [0, 0.05) is 13.1 Å². The third kappa shape index (κ3) is 2.62. The molecule has 5 nitrogen and oxygen atoms in total. The summed E-state index contributed by atoms with van der Waals surface area (Å²) in [5.74, 6) is 0.0780. The molecule has 132 valence electrons. The molecule has 2 aliphatic heterocycles. The zero-order chi connectivity index (χ0) is 17.9. The number of benzene rings is 1. The third-order valence-electron chi connectivity index (χ3n) is 5.49. The maximum absolute atomic E-state index is 13.0. The summed E-state index contributed by atoms with van der Waals surface area (Å²) in [6, 6.07) is 8.11. The standard InChI is InChI=1S/C20H25N3O2/c1-20(2,3)13-7-5-12(6-8-13)17-16-15(22(4)19(25)21-17)11-23(18(16)24)14-9-10-14/h5-8,14,17H,9-11H2,1-4H3,(H,21,25). The number of rotatable bonds is 2. The molecule has 1 fully saturated rings. The van der Waals surface area contributed by atoms with Gasteiger partial charge in [0.2, 0.25) is 0 Å². The average Bonchev–Trinajstić information content (AvgIpc) is 3.34. The summed E-state index contributed by atoms with van der Waals surface area (Å²) in [6.07, 6.45) is 2.14. The molecule has 0 radical (unpaired) electrons. The third-order valence-corrected chi connectivity index (χ3v) is 5.49. The summed E-state index contributed by atoms with van der Waals surface area (Å²) in [7, 11) is 1.74. The number of carbonyl (C=O) groups is 2. The zero-order valence-electron chi connectivity index (χ0n) is 15.3. The van der Waals surface area contributed by atoms with Gasteiger partial charge in [0.1, 0.15) is 0 Å². The molecule has 1 aromatic rings. The molecule has 4 rings (SSSR count). The summed E-state index contributed by atoms with van der Waals surface area (Å²) in [4.78, 5) is 28.9. The fourth-order valence-electron chi connectivity index (χ4n) is 3.70. The van der Waals surface area contributed by atoms with E-state index in [1.54, 1.807) is 11.9 Å². The van der Waals surface area contributed by atoms with E-state index in [1.807, 2.05) is 17.0 Å². The van der Waals surface area contributed by atoms with E-state index in [0.29, 0.717) is 12.6 Å². The van der Waals surface area contributed by atoms with Crippen molar-refractivity contribution in [3.05, 3.63) is 46.7 Å². The molecule has 1 atom stereocenters. The Bertz CT molecular complexity index is 769. The summed E-state index contributed by atoms with van der Waals surface area (Å²) in [5, 5.41) is 3.00. The molecular formula is C20H25N3O2. The minimum Gasteiger partial charge on any atom is -0.330 e. The van der Waals surface area contributed by atoms with E-state index in [-0.39, 0.29) is 23.4 Å². The van der Waals surface area contributed by atoms with Gasteiger partial charge in [-0.3, -0.25) is 9.69 Å². The highest BCUT2D eigenvalue weighted by Crippen LogP contribution is 2.40. The van der Waals surface area contributed by atoms with Crippen LogP contribution >= 0.6 is 0 Å². The van der Waals surface area contributed by atoms with Crippen molar-refractivity contribution in [1.29, 1.82) is 0 Å². The van der Waals surface area contributed by atoms with Crippen LogP contribution in [0.4, 0.5) is 4.79 Å². The monoisotopic (exact) mass is 339 g/mol. The summed E-state index contributed by atoms with van der Waals surface area (Å²) < 4.78 is 0. The van der Waals surface area contributed by atoms with Crippen molar-refractivity contribution in [1.82, 2.24) is 15.1 Å². The van der Waals surface area contributed by atoms with Gasteiger partial charge < -0.3 is 10.2 Å². The van der Waals surface area contributed by atoms with Gasteiger partial charge in [0.15, 0.2) is 0 Å². The molecular weight excluding hydrogens is 314 g/mol. The van der Waals surface area contributed by atoms with Gasteiger partial charge in [-0.25, -0.2) is 4.79 Å². The minimum atomic E-state index is -0.357. The molecule has 0 spiro atoms. The zero-order valence-corrected chi connectivity index (χ0v) is 15.3. The van der Waals surface area contributed by atoms with Crippen molar-refractivity contribution < 1.29 is 9.59 Å². The van der Waals surface area contributed by atoms with E-state index in [1.165, 1.54) is 5.56 Å². The molecule has 3 aliphatic rings. The molecule has 0 bridgehead atoms. The number of urea groups is 1. The van der Waals surface area contributed by atoms with Gasteiger partial charge in [-0.15, -0.1) is 0 Å². The van der Waals surface area contributed by atoms with E-state index < -0.39 is 0 Å². The highest BCUT2D eigenvalue weighted by atomic mass is 16.2. The van der Waals surface area contributed by atoms with E-state index in [9.17, 15) is 9.59 Å². The number of likely N-dealkylation sites (N-methyl/N-ethyl adjacent to an activating group) is 1. The number of carbonyl (C=O) groups excluding carboxylic acids is 2. The Morgan fingerprint density at radius 3 is 2.28 bits per heavy atom. The second kappa shape index (κ2) is 5.35. The van der Waals surface area contributed by atoms with Crippen LogP contribution in [0.1, 0.15) is 50.8 Å². The molecule has 1 N–H and O–H groups in total. The van der Waals surface area contributed by atoms with Crippen molar-refractivity contribution in [3.63, 3.8) is 0 Å². The lowest BCUT2D eigenvalue weighted by Crippen LogP contribution is -2.45. The van der Waals surface area contributed by atoms with Crippen LogP contribution in [0.2, 0.25) is 0 Å². The quantitative estimate of drug-likeness (QED) is 0.901. The number of nitrogens with zero attached hydrogens (tertiary/aromatic N) is 2. The molecule has 0 aromatic heterocycles. The second-order valence-corrected chi connectivity index (χ2v) is 8.34. The first-order valence-corrected chi connectivity index (χ1v) is 8.96. The van der Waals surface area contributed by atoms with Crippen molar-refractivity contribution in [2.75, 3.05) is 13.6 Å². The number of hydrogen-bond acceptors (Lipinski definition) is 2. The van der Waals surface area contributed by atoms with Gasteiger partial charge in [-0.05, 0) is 29.4 Å². The molecule has 3 amide bonds. The SMILES string of the molecule is CN1C(=O)NC(c2ccc(C(C)(C)C)cc2)C2=C1CN(C1CC1)C2=O. The van der Waals surface area contributed by atoms with Crippen LogP contribution in [-0.4, -0.2) is 41.4 Å². The Hall–Kier alpha value is -2.30. The van der Waals surface area contributed by atoms with Crippen molar-refractivity contribution in [2.45, 2.75) is 51.1 Å². The van der Waals surface area contributed by atoms with Crippen LogP contribution in [0.15, 0.2) is 35.5 Å². The molecule has 1 aliphatic carbocycles. The first-order chi connectivity index (χ1) is 11.8. The van der Waals surface area contributed by atoms with E-state index >= 15 is 0 Å². The van der Waals surface area contributed by atoms with Gasteiger partial charge in [0.05, 0.1) is 23.9 Å². The predicted molar refractivity (Wildman–Crippen MR) is 95.9 cm³/mol. The maximum atomic E-state index is 13.0. The van der Waals surface area contributed by atoms with Crippen LogP contribution in [0.5, 0.6) is 0 Å². The fourth-order valence-corrected chi connectivity index (χ4v) is 3.70. The van der Waals surface area contributed by atoms with Crippen LogP contribution in [0.25, 0.3) is 0 Å². The van der Waals surface area contributed by atoms with Crippen molar-refractivity contribution in [2.24, 2.45) is 0 Å². The van der Waals surface area contributed by atoms with Gasteiger partial charge >= 0.3 is 6.03 Å². The van der Waals surface area contributed by atoms with E-state index in [2.05, 4.69) is 38.2 Å². The van der Waals surface area contributed by atoms with Crippen LogP contribution in [0, 0.1) is 0 Å².